The quantitative estimate of drug-likeness (QED) is 0.801. The molecule has 0 radical (unpaired) electrons. The molecule has 0 saturated carbocycles. The smallest absolute Gasteiger partial charge is 0.194 e. The highest BCUT2D eigenvalue weighted by atomic mass is 32.1. The average Bonchev–Trinajstić information content (AvgIpc) is 2.98. The second-order valence-electron chi connectivity index (χ2n) is 4.86. The first-order valence-electron chi connectivity index (χ1n) is 6.60. The predicted molar refractivity (Wildman–Crippen MR) is 82.2 cm³/mol. The van der Waals surface area contributed by atoms with Crippen LogP contribution in [0.4, 0.5) is 0 Å². The lowest BCUT2D eigenvalue weighted by Crippen LogP contribution is -2.05. The Morgan fingerprint density at radius 2 is 2.05 bits per heavy atom. The molecule has 5 heteroatoms. The minimum absolute atomic E-state index is 0.179. The zero-order valence-corrected chi connectivity index (χ0v) is 12.4. The Morgan fingerprint density at radius 3 is 2.70 bits per heavy atom. The van der Waals surface area contributed by atoms with Gasteiger partial charge in [0.15, 0.2) is 4.96 Å². The van der Waals surface area contributed by atoms with Gasteiger partial charge in [0.25, 0.3) is 0 Å². The van der Waals surface area contributed by atoms with Crippen molar-refractivity contribution in [1.82, 2.24) is 9.38 Å². The summed E-state index contributed by atoms with van der Waals surface area (Å²) in [4.78, 5) is 5.64. The molecule has 3 aromatic rings. The molecule has 0 aliphatic rings. The molecule has 4 nitrogen and oxygen atoms in total. The number of imidazole rings is 1. The molecule has 0 fully saturated rings. The van der Waals surface area contributed by atoms with E-state index in [2.05, 4.69) is 9.38 Å². The molecule has 20 heavy (non-hydrogen) atoms. The Morgan fingerprint density at radius 1 is 1.30 bits per heavy atom. The van der Waals surface area contributed by atoms with Crippen LogP contribution in [0.25, 0.3) is 16.2 Å². The molecule has 2 aromatic heterocycles. The zero-order chi connectivity index (χ0) is 14.1. The standard InChI is InChI=1S/C15H17N3OS/c1-10(2)19-12-5-3-11(4-6-12)14-13(9-16)18-7-8-20-15(18)17-14/h3-8,10H,9,16H2,1-2H3. The highest BCUT2D eigenvalue weighted by molar-refractivity contribution is 7.15. The van der Waals surface area contributed by atoms with Crippen molar-refractivity contribution >= 4 is 16.3 Å². The normalized spacial score (nSPS) is 11.4. The first kappa shape index (κ1) is 13.1. The number of nitrogens with two attached hydrogens (primary N) is 1. The number of hydrogen-bond donors (Lipinski definition) is 1. The maximum Gasteiger partial charge on any atom is 0.194 e. The van der Waals surface area contributed by atoms with E-state index in [0.29, 0.717) is 6.54 Å². The van der Waals surface area contributed by atoms with Gasteiger partial charge in [0.2, 0.25) is 0 Å². The number of rotatable bonds is 4. The van der Waals surface area contributed by atoms with Crippen molar-refractivity contribution in [2.45, 2.75) is 26.5 Å². The summed E-state index contributed by atoms with van der Waals surface area (Å²) in [6.45, 7) is 4.51. The molecular formula is C15H17N3OS. The van der Waals surface area contributed by atoms with Gasteiger partial charge in [0, 0.05) is 23.7 Å². The fourth-order valence-electron chi connectivity index (χ4n) is 2.22. The van der Waals surface area contributed by atoms with E-state index in [-0.39, 0.29) is 6.10 Å². The highest BCUT2D eigenvalue weighted by Gasteiger charge is 2.13. The maximum absolute atomic E-state index is 5.87. The molecule has 104 valence electrons. The third-order valence-electron chi connectivity index (χ3n) is 3.05. The monoisotopic (exact) mass is 287 g/mol. The Bertz CT molecular complexity index is 712. The predicted octanol–water partition coefficient (Wildman–Crippen LogP) is 3.31. The van der Waals surface area contributed by atoms with Crippen LogP contribution >= 0.6 is 11.3 Å². The Hall–Kier alpha value is -1.85. The Labute approximate surface area is 121 Å². The van der Waals surface area contributed by atoms with Crippen LogP contribution in [0.2, 0.25) is 0 Å². The van der Waals surface area contributed by atoms with Crippen molar-refractivity contribution in [2.75, 3.05) is 0 Å². The van der Waals surface area contributed by atoms with Gasteiger partial charge < -0.3 is 10.5 Å². The van der Waals surface area contributed by atoms with Crippen LogP contribution in [0, 0.1) is 0 Å². The fraction of sp³-hybridized carbons (Fsp3) is 0.267. The van der Waals surface area contributed by atoms with E-state index in [1.54, 1.807) is 11.3 Å². The summed E-state index contributed by atoms with van der Waals surface area (Å²) in [5.74, 6) is 0.874. The average molecular weight is 287 g/mol. The number of fused-ring (bicyclic) bond motifs is 1. The highest BCUT2D eigenvalue weighted by Crippen LogP contribution is 2.28. The van der Waals surface area contributed by atoms with Gasteiger partial charge in [-0.15, -0.1) is 11.3 Å². The lowest BCUT2D eigenvalue weighted by atomic mass is 10.1. The molecular weight excluding hydrogens is 270 g/mol. The molecule has 0 aliphatic carbocycles. The summed E-state index contributed by atoms with van der Waals surface area (Å²) in [6, 6.07) is 8.01. The van der Waals surface area contributed by atoms with E-state index in [1.807, 2.05) is 49.7 Å². The third kappa shape index (κ3) is 2.30. The molecule has 0 unspecified atom stereocenters. The molecule has 2 heterocycles. The van der Waals surface area contributed by atoms with Crippen LogP contribution in [-0.2, 0) is 6.54 Å². The Balaban J connectivity index is 1.99. The van der Waals surface area contributed by atoms with E-state index in [0.717, 1.165) is 27.7 Å². The number of ether oxygens (including phenoxy) is 1. The first-order valence-corrected chi connectivity index (χ1v) is 7.48. The van der Waals surface area contributed by atoms with Crippen LogP contribution in [0.3, 0.4) is 0 Å². The van der Waals surface area contributed by atoms with E-state index < -0.39 is 0 Å². The summed E-state index contributed by atoms with van der Waals surface area (Å²) >= 11 is 1.62. The molecule has 0 spiro atoms. The van der Waals surface area contributed by atoms with E-state index >= 15 is 0 Å². The van der Waals surface area contributed by atoms with Gasteiger partial charge in [-0.3, -0.25) is 4.40 Å². The largest absolute Gasteiger partial charge is 0.491 e. The van der Waals surface area contributed by atoms with Gasteiger partial charge in [-0.25, -0.2) is 4.98 Å². The van der Waals surface area contributed by atoms with E-state index in [9.17, 15) is 0 Å². The van der Waals surface area contributed by atoms with Crippen molar-refractivity contribution in [2.24, 2.45) is 5.73 Å². The van der Waals surface area contributed by atoms with Crippen molar-refractivity contribution in [3.63, 3.8) is 0 Å². The summed E-state index contributed by atoms with van der Waals surface area (Å²) in [7, 11) is 0. The molecule has 1 aromatic carbocycles. The number of nitrogens with zero attached hydrogens (tertiary/aromatic N) is 2. The molecule has 0 aliphatic heterocycles. The van der Waals surface area contributed by atoms with Crippen LogP contribution in [0.5, 0.6) is 5.75 Å². The van der Waals surface area contributed by atoms with E-state index in [4.69, 9.17) is 10.5 Å². The first-order chi connectivity index (χ1) is 9.69. The summed E-state index contributed by atoms with van der Waals surface area (Å²) in [5, 5.41) is 2.02. The summed E-state index contributed by atoms with van der Waals surface area (Å²) < 4.78 is 7.71. The van der Waals surface area contributed by atoms with Crippen LogP contribution in [0.1, 0.15) is 19.5 Å². The molecule has 0 bridgehead atoms. The number of thiazole rings is 1. The summed E-state index contributed by atoms with van der Waals surface area (Å²) in [6.07, 6.45) is 2.19. The van der Waals surface area contributed by atoms with Gasteiger partial charge in [-0.05, 0) is 38.1 Å². The molecule has 0 amide bonds. The minimum Gasteiger partial charge on any atom is -0.491 e. The maximum atomic E-state index is 5.87. The van der Waals surface area contributed by atoms with Crippen molar-refractivity contribution < 1.29 is 4.74 Å². The van der Waals surface area contributed by atoms with Crippen molar-refractivity contribution in [3.8, 4) is 17.0 Å². The van der Waals surface area contributed by atoms with Gasteiger partial charge >= 0.3 is 0 Å². The van der Waals surface area contributed by atoms with Crippen LogP contribution in [-0.4, -0.2) is 15.5 Å². The number of benzene rings is 1. The number of aromatic nitrogens is 2. The third-order valence-corrected chi connectivity index (χ3v) is 3.81. The number of hydrogen-bond acceptors (Lipinski definition) is 4. The molecule has 3 rings (SSSR count). The minimum atomic E-state index is 0.179. The second kappa shape index (κ2) is 5.26. The van der Waals surface area contributed by atoms with Crippen molar-refractivity contribution in [1.29, 1.82) is 0 Å². The Kier molecular flexibility index (Phi) is 3.46. The van der Waals surface area contributed by atoms with E-state index in [1.165, 1.54) is 0 Å². The second-order valence-corrected chi connectivity index (χ2v) is 5.73. The van der Waals surface area contributed by atoms with Crippen LogP contribution < -0.4 is 10.5 Å². The van der Waals surface area contributed by atoms with Gasteiger partial charge in [0.1, 0.15) is 5.75 Å². The van der Waals surface area contributed by atoms with Gasteiger partial charge in [-0.2, -0.15) is 0 Å². The summed E-state index contributed by atoms with van der Waals surface area (Å²) in [5.41, 5.74) is 8.93. The molecule has 0 saturated heterocycles. The lowest BCUT2D eigenvalue weighted by Gasteiger charge is -2.10. The SMILES string of the molecule is CC(C)Oc1ccc(-c2nc3sccn3c2CN)cc1. The zero-order valence-electron chi connectivity index (χ0n) is 11.5. The molecule has 2 N–H and O–H groups in total. The molecule has 0 atom stereocenters. The van der Waals surface area contributed by atoms with Crippen molar-refractivity contribution in [3.05, 3.63) is 41.5 Å². The lowest BCUT2D eigenvalue weighted by molar-refractivity contribution is 0.242. The fourth-order valence-corrected chi connectivity index (χ4v) is 2.96. The van der Waals surface area contributed by atoms with Crippen LogP contribution in [0.15, 0.2) is 35.8 Å². The van der Waals surface area contributed by atoms with Gasteiger partial charge in [0.05, 0.1) is 17.5 Å². The topological polar surface area (TPSA) is 52.5 Å². The van der Waals surface area contributed by atoms with Gasteiger partial charge in [-0.1, -0.05) is 0 Å².